The summed E-state index contributed by atoms with van der Waals surface area (Å²) in [5.41, 5.74) is 4.58. The van der Waals surface area contributed by atoms with Crippen LogP contribution < -0.4 is 15.0 Å². The molecule has 0 aliphatic carbocycles. The molecule has 2 aliphatic heterocycles. The molecule has 192 valence electrons. The van der Waals surface area contributed by atoms with Crippen molar-refractivity contribution in [2.75, 3.05) is 43.5 Å². The average molecular weight is 517 g/mol. The average Bonchev–Trinajstić information content (AvgIpc) is 3.43. The molecule has 0 amide bonds. The summed E-state index contributed by atoms with van der Waals surface area (Å²) in [5.74, 6) is 0.646. The zero-order chi connectivity index (χ0) is 25.4. The number of H-pyrrole nitrogens is 1. The van der Waals surface area contributed by atoms with E-state index in [1.807, 2.05) is 24.4 Å². The number of para-hydroxylation sites is 1. The number of nitrogens with one attached hydrogen (secondary N) is 2. The third kappa shape index (κ3) is 4.45. The summed E-state index contributed by atoms with van der Waals surface area (Å²) in [4.78, 5) is 8.16. The first kappa shape index (κ1) is 23.9. The Labute approximate surface area is 218 Å². The van der Waals surface area contributed by atoms with Crippen LogP contribution >= 0.6 is 0 Å². The van der Waals surface area contributed by atoms with Gasteiger partial charge in [-0.3, -0.25) is 4.90 Å². The number of piperazine rings is 1. The van der Waals surface area contributed by atoms with E-state index < -0.39 is 15.2 Å². The van der Waals surface area contributed by atoms with Crippen LogP contribution in [0.15, 0.2) is 83.9 Å². The number of benzene rings is 3. The molecule has 0 bridgehead atoms. The number of hydrogen-bond acceptors (Lipinski definition) is 6. The Morgan fingerprint density at radius 1 is 0.919 bits per heavy atom. The minimum atomic E-state index is -3.65. The lowest BCUT2D eigenvalue weighted by Crippen LogP contribution is -2.58. The van der Waals surface area contributed by atoms with Gasteiger partial charge >= 0.3 is 0 Å². The molecular formula is C29H32N4O3S. The molecule has 2 aliphatic rings. The highest BCUT2D eigenvalue weighted by molar-refractivity contribution is 7.92. The fraction of sp³-hybridized carbons (Fsp3) is 0.310. The van der Waals surface area contributed by atoms with E-state index in [0.29, 0.717) is 23.7 Å². The van der Waals surface area contributed by atoms with Crippen molar-refractivity contribution in [1.82, 2.24) is 9.88 Å². The van der Waals surface area contributed by atoms with Gasteiger partial charge in [-0.15, -0.1) is 0 Å². The Bertz CT molecular complexity index is 1490. The first-order valence-electron chi connectivity index (χ1n) is 12.8. The van der Waals surface area contributed by atoms with Gasteiger partial charge in [0.15, 0.2) is 9.84 Å². The van der Waals surface area contributed by atoms with Crippen LogP contribution in [0.3, 0.4) is 0 Å². The van der Waals surface area contributed by atoms with E-state index in [0.717, 1.165) is 37.1 Å². The van der Waals surface area contributed by atoms with Crippen molar-refractivity contribution in [2.24, 2.45) is 0 Å². The molecule has 2 N–H and O–H groups in total. The molecule has 0 radical (unpaired) electrons. The predicted molar refractivity (Wildman–Crippen MR) is 148 cm³/mol. The van der Waals surface area contributed by atoms with Crippen LogP contribution in [0.25, 0.3) is 10.9 Å². The summed E-state index contributed by atoms with van der Waals surface area (Å²) in [6.07, 6.45) is 3.59. The van der Waals surface area contributed by atoms with E-state index >= 15 is 0 Å². The fourth-order valence-corrected chi connectivity index (χ4v) is 7.84. The van der Waals surface area contributed by atoms with Crippen molar-refractivity contribution >= 4 is 32.1 Å². The molecule has 7 nitrogen and oxygen atoms in total. The molecule has 8 heteroatoms. The van der Waals surface area contributed by atoms with Gasteiger partial charge in [0.05, 0.1) is 18.0 Å². The summed E-state index contributed by atoms with van der Waals surface area (Å²) in [7, 11) is -2.06. The molecule has 6 rings (SSSR count). The fourth-order valence-electron chi connectivity index (χ4n) is 5.81. The van der Waals surface area contributed by atoms with Crippen molar-refractivity contribution in [3.63, 3.8) is 0 Å². The molecule has 0 saturated carbocycles. The number of nitrogens with zero attached hydrogens (tertiary/aromatic N) is 2. The largest absolute Gasteiger partial charge is 0.497 e. The smallest absolute Gasteiger partial charge is 0.196 e. The van der Waals surface area contributed by atoms with Gasteiger partial charge in [0.25, 0.3) is 0 Å². The number of rotatable bonds is 6. The summed E-state index contributed by atoms with van der Waals surface area (Å²) < 4.78 is 33.7. The lowest BCUT2D eigenvalue weighted by atomic mass is 9.97. The van der Waals surface area contributed by atoms with Gasteiger partial charge in [-0.25, -0.2) is 8.42 Å². The second-order valence-electron chi connectivity index (χ2n) is 9.80. The van der Waals surface area contributed by atoms with Crippen LogP contribution in [0.1, 0.15) is 12.0 Å². The molecular weight excluding hydrogens is 484 g/mol. The van der Waals surface area contributed by atoms with Crippen molar-refractivity contribution < 1.29 is 13.2 Å². The second kappa shape index (κ2) is 9.76. The van der Waals surface area contributed by atoms with E-state index in [1.54, 1.807) is 31.4 Å². The van der Waals surface area contributed by atoms with Gasteiger partial charge in [-0.2, -0.15) is 0 Å². The summed E-state index contributed by atoms with van der Waals surface area (Å²) >= 11 is 0. The Hall–Kier alpha value is -3.49. The maximum atomic E-state index is 14.2. The van der Waals surface area contributed by atoms with Crippen molar-refractivity contribution in [1.29, 1.82) is 0 Å². The highest BCUT2D eigenvalue weighted by atomic mass is 32.2. The maximum absolute atomic E-state index is 14.2. The topological polar surface area (TPSA) is 77.7 Å². The van der Waals surface area contributed by atoms with Crippen LogP contribution in [0.4, 0.5) is 11.4 Å². The predicted octanol–water partition coefficient (Wildman–Crippen LogP) is 4.53. The van der Waals surface area contributed by atoms with Gasteiger partial charge < -0.3 is 19.9 Å². The van der Waals surface area contributed by atoms with E-state index in [4.69, 9.17) is 4.74 Å². The highest BCUT2D eigenvalue weighted by Gasteiger charge is 2.41. The Balaban J connectivity index is 1.30. The number of aromatic nitrogens is 1. The first-order valence-corrected chi connectivity index (χ1v) is 14.4. The van der Waals surface area contributed by atoms with Crippen LogP contribution in [0.2, 0.25) is 0 Å². The number of sulfone groups is 1. The van der Waals surface area contributed by atoms with Gasteiger partial charge in [-0.1, -0.05) is 24.3 Å². The summed E-state index contributed by atoms with van der Waals surface area (Å²) in [6, 6.07) is 23.2. The van der Waals surface area contributed by atoms with Crippen molar-refractivity contribution in [3.05, 3.63) is 84.6 Å². The molecule has 1 aromatic heterocycles. The highest BCUT2D eigenvalue weighted by Crippen LogP contribution is 2.33. The van der Waals surface area contributed by atoms with Gasteiger partial charge in [0.2, 0.25) is 0 Å². The lowest BCUT2D eigenvalue weighted by Gasteiger charge is -2.44. The van der Waals surface area contributed by atoms with Crippen LogP contribution in [-0.4, -0.2) is 63.0 Å². The lowest BCUT2D eigenvalue weighted by molar-refractivity contribution is 0.212. The van der Waals surface area contributed by atoms with Gasteiger partial charge in [-0.05, 0) is 66.9 Å². The van der Waals surface area contributed by atoms with Crippen molar-refractivity contribution in [3.8, 4) is 5.75 Å². The minimum absolute atomic E-state index is 0.207. The van der Waals surface area contributed by atoms with E-state index in [1.165, 1.54) is 16.6 Å². The number of aryl methyl sites for hydroxylation is 1. The van der Waals surface area contributed by atoms with Gasteiger partial charge in [0, 0.05) is 54.7 Å². The quantitative estimate of drug-likeness (QED) is 0.392. The number of anilines is 2. The van der Waals surface area contributed by atoms with Gasteiger partial charge in [0.1, 0.15) is 11.1 Å². The summed E-state index contributed by atoms with van der Waals surface area (Å²) in [6.45, 7) is 2.87. The third-order valence-corrected chi connectivity index (χ3v) is 9.91. The number of aromatic amines is 1. The molecule has 1 fully saturated rings. The SMILES string of the molecule is COc1ccc(S(=O)(=O)C(C2CCc3ccccc3N2)N2CCN(c3cccc4[nH]ccc34)CC2)cc1. The molecule has 2 atom stereocenters. The second-order valence-corrected chi connectivity index (χ2v) is 11.8. The number of fused-ring (bicyclic) bond motifs is 2. The molecule has 1 saturated heterocycles. The van der Waals surface area contributed by atoms with Crippen molar-refractivity contribution in [2.45, 2.75) is 29.2 Å². The Kier molecular flexibility index (Phi) is 6.30. The molecule has 3 heterocycles. The Morgan fingerprint density at radius 2 is 1.70 bits per heavy atom. The third-order valence-electron chi connectivity index (χ3n) is 7.72. The maximum Gasteiger partial charge on any atom is 0.196 e. The van der Waals surface area contributed by atoms with E-state index in [-0.39, 0.29) is 6.04 Å². The minimum Gasteiger partial charge on any atom is -0.497 e. The molecule has 0 spiro atoms. The number of ether oxygens (including phenoxy) is 1. The number of methoxy groups -OCH3 is 1. The normalized spacial score (nSPS) is 19.3. The number of hydrogen-bond donors (Lipinski definition) is 2. The molecule has 3 aromatic carbocycles. The summed E-state index contributed by atoms with van der Waals surface area (Å²) in [5, 5.41) is 4.12. The molecule has 2 unspecified atom stereocenters. The molecule has 4 aromatic rings. The molecule has 37 heavy (non-hydrogen) atoms. The Morgan fingerprint density at radius 3 is 2.49 bits per heavy atom. The van der Waals surface area contributed by atoms with Crippen LogP contribution in [0.5, 0.6) is 5.75 Å². The van der Waals surface area contributed by atoms with Crippen LogP contribution in [0, 0.1) is 0 Å². The van der Waals surface area contributed by atoms with E-state index in [2.05, 4.69) is 50.4 Å². The standard InChI is InChI=1S/C29H32N4O3S/c1-36-22-10-12-23(13-11-22)37(34,35)29(27-14-9-21-5-2-3-6-25(21)31-27)33-19-17-32(18-20-33)28-8-4-7-26-24(28)15-16-30-26/h2-8,10-13,15-16,27,29-31H,9,14,17-20H2,1H3. The zero-order valence-electron chi connectivity index (χ0n) is 20.9. The van der Waals surface area contributed by atoms with E-state index in [9.17, 15) is 8.42 Å². The zero-order valence-corrected chi connectivity index (χ0v) is 21.7. The first-order chi connectivity index (χ1) is 18.0. The van der Waals surface area contributed by atoms with Crippen LogP contribution in [-0.2, 0) is 16.3 Å². The monoisotopic (exact) mass is 516 g/mol.